The van der Waals surface area contributed by atoms with Crippen molar-refractivity contribution in [2.45, 2.75) is 18.8 Å². The molecule has 11 heteroatoms. The summed E-state index contributed by atoms with van der Waals surface area (Å²) in [4.78, 5) is 25.9. The van der Waals surface area contributed by atoms with Crippen molar-refractivity contribution in [2.75, 3.05) is 42.6 Å². The Hall–Kier alpha value is -2.30. The van der Waals surface area contributed by atoms with Gasteiger partial charge in [-0.1, -0.05) is 0 Å². The molecule has 1 aromatic rings. The molecule has 0 unspecified atom stereocenters. The molecule has 0 aliphatic carbocycles. The molecule has 2 fully saturated rings. The number of amides is 1. The normalized spacial score (nSPS) is 21.7. The molecule has 0 atom stereocenters. The molecule has 0 bridgehead atoms. The van der Waals surface area contributed by atoms with E-state index in [1.54, 1.807) is 0 Å². The number of nitro groups is 1. The lowest BCUT2D eigenvalue weighted by molar-refractivity contribution is -0.384. The Labute approximate surface area is 154 Å². The van der Waals surface area contributed by atoms with Crippen molar-refractivity contribution < 1.29 is 26.9 Å². The van der Waals surface area contributed by atoms with E-state index in [-0.39, 0.29) is 60.9 Å². The highest BCUT2D eigenvalue weighted by Crippen LogP contribution is 2.34. The quantitative estimate of drug-likeness (QED) is 0.562. The standard InChI is InChI=1S/C16H19F2N3O5S/c17-16(18)4-1-5-20(11-16)14-10-12(21(23)24)2-3-13(14)15(22)19-6-8-27(25,26)9-7-19/h2-3,10H,1,4-9,11H2. The lowest BCUT2D eigenvalue weighted by Crippen LogP contribution is -2.46. The van der Waals surface area contributed by atoms with E-state index in [1.165, 1.54) is 15.9 Å². The molecule has 1 aromatic carbocycles. The van der Waals surface area contributed by atoms with Gasteiger partial charge < -0.3 is 9.80 Å². The molecule has 1 amide bonds. The SMILES string of the molecule is O=C(c1ccc([N+](=O)[O-])cc1N1CCCC(F)(F)C1)N1CCS(=O)(=O)CC1. The third-order valence-electron chi connectivity index (χ3n) is 4.79. The third kappa shape index (κ3) is 4.34. The van der Waals surface area contributed by atoms with Crippen molar-refractivity contribution in [3.05, 3.63) is 33.9 Å². The highest BCUT2D eigenvalue weighted by atomic mass is 32.2. The van der Waals surface area contributed by atoms with Crippen LogP contribution < -0.4 is 4.90 Å². The number of anilines is 1. The predicted octanol–water partition coefficient (Wildman–Crippen LogP) is 1.70. The van der Waals surface area contributed by atoms with Crippen molar-refractivity contribution in [3.63, 3.8) is 0 Å². The number of piperidine rings is 1. The zero-order valence-corrected chi connectivity index (χ0v) is 15.3. The molecule has 0 spiro atoms. The van der Waals surface area contributed by atoms with Crippen molar-refractivity contribution in [3.8, 4) is 0 Å². The van der Waals surface area contributed by atoms with E-state index in [0.29, 0.717) is 0 Å². The number of carbonyl (C=O) groups is 1. The Morgan fingerprint density at radius 3 is 2.44 bits per heavy atom. The van der Waals surface area contributed by atoms with E-state index < -0.39 is 33.1 Å². The van der Waals surface area contributed by atoms with Gasteiger partial charge in [-0.3, -0.25) is 14.9 Å². The maximum atomic E-state index is 13.8. The Kier molecular flexibility index (Phi) is 5.06. The fourth-order valence-corrected chi connectivity index (χ4v) is 4.53. The summed E-state index contributed by atoms with van der Waals surface area (Å²) in [6, 6.07) is 3.54. The van der Waals surface area contributed by atoms with Gasteiger partial charge >= 0.3 is 0 Å². The first kappa shape index (κ1) is 19.5. The number of halogens is 2. The molecule has 3 rings (SSSR count). The Bertz CT molecular complexity index is 861. The minimum Gasteiger partial charge on any atom is -0.365 e. The smallest absolute Gasteiger partial charge is 0.271 e. The molecular formula is C16H19F2N3O5S. The van der Waals surface area contributed by atoms with Crippen LogP contribution in [0.2, 0.25) is 0 Å². The molecule has 0 aromatic heterocycles. The van der Waals surface area contributed by atoms with Crippen LogP contribution in [0.4, 0.5) is 20.2 Å². The minimum absolute atomic E-state index is 0.00769. The number of alkyl halides is 2. The summed E-state index contributed by atoms with van der Waals surface area (Å²) >= 11 is 0. The monoisotopic (exact) mass is 403 g/mol. The summed E-state index contributed by atoms with van der Waals surface area (Å²) in [6.07, 6.45) is -0.0724. The first-order valence-corrected chi connectivity index (χ1v) is 10.3. The van der Waals surface area contributed by atoms with E-state index in [4.69, 9.17) is 0 Å². The number of rotatable bonds is 3. The van der Waals surface area contributed by atoms with Gasteiger partial charge in [0.15, 0.2) is 9.84 Å². The first-order chi connectivity index (χ1) is 12.6. The van der Waals surface area contributed by atoms with Gasteiger partial charge in [-0.25, -0.2) is 17.2 Å². The maximum absolute atomic E-state index is 13.8. The van der Waals surface area contributed by atoms with Gasteiger partial charge in [0, 0.05) is 38.2 Å². The van der Waals surface area contributed by atoms with Gasteiger partial charge in [-0.15, -0.1) is 0 Å². The zero-order chi connectivity index (χ0) is 19.8. The van der Waals surface area contributed by atoms with Crippen LogP contribution in [0, 0.1) is 10.1 Å². The highest BCUT2D eigenvalue weighted by Gasteiger charge is 2.37. The molecule has 0 saturated carbocycles. The fourth-order valence-electron chi connectivity index (χ4n) is 3.33. The van der Waals surface area contributed by atoms with E-state index >= 15 is 0 Å². The molecule has 27 heavy (non-hydrogen) atoms. The van der Waals surface area contributed by atoms with Crippen LogP contribution in [-0.4, -0.2) is 67.8 Å². The van der Waals surface area contributed by atoms with Gasteiger partial charge in [-0.2, -0.15) is 0 Å². The van der Waals surface area contributed by atoms with Crippen molar-refractivity contribution in [1.82, 2.24) is 4.90 Å². The average Bonchev–Trinajstić information content (AvgIpc) is 2.59. The molecule has 148 valence electrons. The number of hydrogen-bond donors (Lipinski definition) is 0. The first-order valence-electron chi connectivity index (χ1n) is 8.49. The van der Waals surface area contributed by atoms with Crippen molar-refractivity contribution in [1.29, 1.82) is 0 Å². The Morgan fingerprint density at radius 2 is 1.85 bits per heavy atom. The molecular weight excluding hydrogens is 384 g/mol. The van der Waals surface area contributed by atoms with Crippen LogP contribution >= 0.6 is 0 Å². The van der Waals surface area contributed by atoms with Gasteiger partial charge in [0.25, 0.3) is 17.5 Å². The van der Waals surface area contributed by atoms with Gasteiger partial charge in [0.1, 0.15) is 0 Å². The number of carbonyl (C=O) groups excluding carboxylic acids is 1. The van der Waals surface area contributed by atoms with Crippen LogP contribution in [0.3, 0.4) is 0 Å². The topological polar surface area (TPSA) is 101 Å². The van der Waals surface area contributed by atoms with E-state index in [1.807, 2.05) is 0 Å². The number of nitro benzene ring substituents is 1. The lowest BCUT2D eigenvalue weighted by atomic mass is 10.0. The Balaban J connectivity index is 1.94. The number of benzene rings is 1. The summed E-state index contributed by atoms with van der Waals surface area (Å²) in [7, 11) is -3.19. The molecule has 2 heterocycles. The number of sulfone groups is 1. The second kappa shape index (κ2) is 7.02. The average molecular weight is 403 g/mol. The van der Waals surface area contributed by atoms with E-state index in [9.17, 15) is 32.1 Å². The van der Waals surface area contributed by atoms with Crippen LogP contribution in [0.1, 0.15) is 23.2 Å². The number of nitrogens with zero attached hydrogens (tertiary/aromatic N) is 3. The molecule has 0 N–H and O–H groups in total. The van der Waals surface area contributed by atoms with Crippen LogP contribution in [0.25, 0.3) is 0 Å². The summed E-state index contributed by atoms with van der Waals surface area (Å²) in [5, 5.41) is 11.1. The maximum Gasteiger partial charge on any atom is 0.271 e. The van der Waals surface area contributed by atoms with Gasteiger partial charge in [0.2, 0.25) is 0 Å². The number of hydrogen-bond acceptors (Lipinski definition) is 6. The second-order valence-electron chi connectivity index (χ2n) is 6.78. The molecule has 8 nitrogen and oxygen atoms in total. The molecule has 2 aliphatic rings. The van der Waals surface area contributed by atoms with Gasteiger partial charge in [0.05, 0.1) is 34.2 Å². The number of non-ortho nitro benzene ring substituents is 1. The minimum atomic E-state index is -3.19. The fraction of sp³-hybridized carbons (Fsp3) is 0.562. The second-order valence-corrected chi connectivity index (χ2v) is 9.09. The van der Waals surface area contributed by atoms with Crippen LogP contribution in [0.15, 0.2) is 18.2 Å². The molecule has 2 aliphatic heterocycles. The molecule has 2 saturated heterocycles. The lowest BCUT2D eigenvalue weighted by Gasteiger charge is -2.35. The molecule has 0 radical (unpaired) electrons. The Morgan fingerprint density at radius 1 is 1.19 bits per heavy atom. The predicted molar refractivity (Wildman–Crippen MR) is 94.0 cm³/mol. The van der Waals surface area contributed by atoms with E-state index in [0.717, 1.165) is 12.1 Å². The largest absolute Gasteiger partial charge is 0.365 e. The van der Waals surface area contributed by atoms with Crippen molar-refractivity contribution in [2.24, 2.45) is 0 Å². The summed E-state index contributed by atoms with van der Waals surface area (Å²) in [6.45, 7) is -0.351. The van der Waals surface area contributed by atoms with Crippen LogP contribution in [0.5, 0.6) is 0 Å². The highest BCUT2D eigenvalue weighted by molar-refractivity contribution is 7.91. The third-order valence-corrected chi connectivity index (χ3v) is 6.40. The summed E-state index contributed by atoms with van der Waals surface area (Å²) in [5.74, 6) is -3.78. The summed E-state index contributed by atoms with van der Waals surface area (Å²) < 4.78 is 50.8. The van der Waals surface area contributed by atoms with Crippen LogP contribution in [-0.2, 0) is 9.84 Å². The van der Waals surface area contributed by atoms with Crippen molar-refractivity contribution >= 4 is 27.1 Å². The summed E-state index contributed by atoms with van der Waals surface area (Å²) in [5.41, 5.74) is -0.142. The van der Waals surface area contributed by atoms with Gasteiger partial charge in [-0.05, 0) is 12.5 Å². The van der Waals surface area contributed by atoms with E-state index in [2.05, 4.69) is 0 Å². The zero-order valence-electron chi connectivity index (χ0n) is 14.4.